The van der Waals surface area contributed by atoms with Crippen LogP contribution in [0.15, 0.2) is 38.4 Å². The van der Waals surface area contributed by atoms with Gasteiger partial charge in [-0.2, -0.15) is 0 Å². The van der Waals surface area contributed by atoms with Crippen LogP contribution in [-0.2, 0) is 17.8 Å². The highest BCUT2D eigenvalue weighted by Crippen LogP contribution is 2.25. The summed E-state index contributed by atoms with van der Waals surface area (Å²) in [5, 5.41) is 0. The van der Waals surface area contributed by atoms with Crippen molar-refractivity contribution in [1.82, 2.24) is 14.5 Å². The molecule has 2 aromatic heterocycles. The molecule has 35 heavy (non-hydrogen) atoms. The molecule has 2 heterocycles. The summed E-state index contributed by atoms with van der Waals surface area (Å²) >= 11 is 0. The normalized spacial score (nSPS) is 11.3. The maximum absolute atomic E-state index is 14.0. The summed E-state index contributed by atoms with van der Waals surface area (Å²) in [7, 11) is 0. The molecule has 0 aliphatic carbocycles. The van der Waals surface area contributed by atoms with Crippen LogP contribution in [0.3, 0.4) is 0 Å². The third-order valence-electron chi connectivity index (χ3n) is 5.37. The Balaban J connectivity index is 1.84. The van der Waals surface area contributed by atoms with Gasteiger partial charge in [-0.15, -0.1) is 0 Å². The molecule has 0 aliphatic rings. The number of aryl methyl sites for hydroxylation is 1. The van der Waals surface area contributed by atoms with E-state index in [2.05, 4.69) is 9.97 Å². The smallest absolute Gasteiger partial charge is 0.330 e. The van der Waals surface area contributed by atoms with Gasteiger partial charge < -0.3 is 15.1 Å². The summed E-state index contributed by atoms with van der Waals surface area (Å²) in [6.07, 6.45) is 2.78. The lowest BCUT2D eigenvalue weighted by molar-refractivity contribution is -0.118. The number of benzene rings is 1. The maximum atomic E-state index is 14.0. The topological polar surface area (TPSA) is 127 Å². The van der Waals surface area contributed by atoms with Crippen molar-refractivity contribution in [2.24, 2.45) is 5.92 Å². The molecule has 188 valence electrons. The van der Waals surface area contributed by atoms with Crippen LogP contribution in [0, 0.1) is 17.6 Å². The number of carbonyl (C=O) groups is 1. The van der Waals surface area contributed by atoms with E-state index < -0.39 is 28.8 Å². The van der Waals surface area contributed by atoms with Crippen LogP contribution >= 0.6 is 0 Å². The lowest BCUT2D eigenvalue weighted by Crippen LogP contribution is -2.42. The number of nitrogen functional groups attached to an aromatic ring is 1. The number of nitrogens with two attached hydrogens (primary N) is 1. The summed E-state index contributed by atoms with van der Waals surface area (Å²) < 4.78 is 34.0. The Hall–Kier alpha value is -3.76. The van der Waals surface area contributed by atoms with Crippen molar-refractivity contribution >= 4 is 17.4 Å². The van der Waals surface area contributed by atoms with Gasteiger partial charge >= 0.3 is 5.69 Å². The van der Waals surface area contributed by atoms with Gasteiger partial charge in [-0.1, -0.05) is 27.2 Å². The molecule has 0 atom stereocenters. The Bertz CT molecular complexity index is 1310. The van der Waals surface area contributed by atoms with Crippen molar-refractivity contribution in [2.45, 2.75) is 53.0 Å². The van der Waals surface area contributed by atoms with E-state index in [1.165, 1.54) is 21.7 Å². The van der Waals surface area contributed by atoms with Gasteiger partial charge in [0.05, 0.1) is 11.8 Å². The lowest BCUT2D eigenvalue weighted by atomic mass is 10.1. The Kier molecular flexibility index (Phi) is 8.21. The Morgan fingerprint density at radius 2 is 2.03 bits per heavy atom. The zero-order chi connectivity index (χ0) is 25.7. The Morgan fingerprint density at radius 1 is 1.29 bits per heavy atom. The molecule has 3 aromatic rings. The molecule has 0 bridgehead atoms. The first-order valence-corrected chi connectivity index (χ1v) is 11.4. The molecule has 3 N–H and O–H groups in total. The number of aromatic nitrogens is 3. The number of amides is 1. The third-order valence-corrected chi connectivity index (χ3v) is 5.37. The fourth-order valence-corrected chi connectivity index (χ4v) is 3.65. The number of anilines is 2. The number of nitrogens with zero attached hydrogens (tertiary/aromatic N) is 3. The zero-order valence-corrected chi connectivity index (χ0v) is 19.9. The lowest BCUT2D eigenvalue weighted by Gasteiger charge is -2.26. The number of aromatic amines is 1. The summed E-state index contributed by atoms with van der Waals surface area (Å²) in [5.74, 6) is -1.69. The van der Waals surface area contributed by atoms with E-state index in [0.717, 1.165) is 18.6 Å². The fourth-order valence-electron chi connectivity index (χ4n) is 3.65. The summed E-state index contributed by atoms with van der Waals surface area (Å²) in [6.45, 7) is 6.25. The molecular weight excluding hydrogens is 460 g/mol. The molecule has 0 spiro atoms. The standard InChI is InChI=1S/C24H29F2N5O4/c1-4-5-10-30-22(27)21(23(33)29-24(30)34)31(13-14(2)3)20(32)9-8-19-28-12-18(35-19)16-7-6-15(25)11-17(16)26/h6-7,11-12,14H,4-5,8-10,13,27H2,1-3H3,(H,29,33,34). The molecule has 11 heteroatoms. The molecule has 0 saturated heterocycles. The molecule has 9 nitrogen and oxygen atoms in total. The first-order chi connectivity index (χ1) is 16.6. The highest BCUT2D eigenvalue weighted by atomic mass is 19.1. The van der Waals surface area contributed by atoms with Gasteiger partial charge in [-0.05, 0) is 24.5 Å². The van der Waals surface area contributed by atoms with Gasteiger partial charge in [-0.3, -0.25) is 19.1 Å². The van der Waals surface area contributed by atoms with Crippen LogP contribution in [0.4, 0.5) is 20.3 Å². The zero-order valence-electron chi connectivity index (χ0n) is 19.9. The number of oxazole rings is 1. The van der Waals surface area contributed by atoms with Crippen LogP contribution < -0.4 is 21.9 Å². The van der Waals surface area contributed by atoms with Crippen molar-refractivity contribution < 1.29 is 18.0 Å². The minimum absolute atomic E-state index is 0.00330. The van der Waals surface area contributed by atoms with E-state index in [1.54, 1.807) is 0 Å². The monoisotopic (exact) mass is 489 g/mol. The summed E-state index contributed by atoms with van der Waals surface area (Å²) in [4.78, 5) is 45.7. The van der Waals surface area contributed by atoms with Gasteiger partial charge in [0.15, 0.2) is 17.3 Å². The molecule has 1 amide bonds. The van der Waals surface area contributed by atoms with E-state index in [9.17, 15) is 23.2 Å². The van der Waals surface area contributed by atoms with Crippen LogP contribution in [-0.4, -0.2) is 27.0 Å². The van der Waals surface area contributed by atoms with E-state index >= 15 is 0 Å². The van der Waals surface area contributed by atoms with E-state index in [4.69, 9.17) is 10.2 Å². The molecule has 0 fully saturated rings. The number of hydrogen-bond acceptors (Lipinski definition) is 6. The van der Waals surface area contributed by atoms with Crippen molar-refractivity contribution in [3.63, 3.8) is 0 Å². The van der Waals surface area contributed by atoms with Gasteiger partial charge in [-0.25, -0.2) is 18.6 Å². The third kappa shape index (κ3) is 6.03. The van der Waals surface area contributed by atoms with Gasteiger partial charge in [0.2, 0.25) is 5.91 Å². The number of rotatable bonds is 10. The van der Waals surface area contributed by atoms with Gasteiger partial charge in [0.1, 0.15) is 17.5 Å². The van der Waals surface area contributed by atoms with Crippen LogP contribution in [0.1, 0.15) is 45.9 Å². The van der Waals surface area contributed by atoms with Gasteiger partial charge in [0.25, 0.3) is 5.56 Å². The molecular formula is C24H29F2N5O4. The number of H-pyrrole nitrogens is 1. The summed E-state index contributed by atoms with van der Waals surface area (Å²) in [5.41, 5.74) is 4.82. The Labute approximate surface area is 200 Å². The minimum Gasteiger partial charge on any atom is -0.441 e. The molecule has 0 aliphatic heterocycles. The number of carbonyl (C=O) groups excluding carboxylic acids is 1. The number of nitrogens with one attached hydrogen (secondary N) is 1. The van der Waals surface area contributed by atoms with Crippen LogP contribution in [0.25, 0.3) is 11.3 Å². The van der Waals surface area contributed by atoms with Crippen molar-refractivity contribution in [1.29, 1.82) is 0 Å². The number of unbranched alkanes of at least 4 members (excludes halogenated alkanes) is 1. The van der Waals surface area contributed by atoms with Gasteiger partial charge in [0, 0.05) is 32.0 Å². The maximum Gasteiger partial charge on any atom is 0.330 e. The highest BCUT2D eigenvalue weighted by molar-refractivity contribution is 5.95. The number of halogens is 2. The molecule has 3 rings (SSSR count). The average molecular weight is 490 g/mol. The van der Waals surface area contributed by atoms with E-state index in [-0.39, 0.29) is 54.0 Å². The first kappa shape index (κ1) is 25.9. The molecule has 0 unspecified atom stereocenters. The minimum atomic E-state index is -0.792. The van der Waals surface area contributed by atoms with Crippen LogP contribution in [0.5, 0.6) is 0 Å². The quantitative estimate of drug-likeness (QED) is 0.449. The SMILES string of the molecule is CCCCn1c(N)c(N(CC(C)C)C(=O)CCc2ncc(-c3ccc(F)cc3F)o2)c(=O)[nH]c1=O. The molecule has 1 aromatic carbocycles. The number of hydrogen-bond donors (Lipinski definition) is 2. The van der Waals surface area contributed by atoms with Crippen molar-refractivity contribution in [3.05, 3.63) is 62.8 Å². The van der Waals surface area contributed by atoms with Crippen molar-refractivity contribution in [2.75, 3.05) is 17.2 Å². The second kappa shape index (κ2) is 11.1. The second-order valence-corrected chi connectivity index (χ2v) is 8.64. The summed E-state index contributed by atoms with van der Waals surface area (Å²) in [6, 6.07) is 3.09. The molecule has 0 radical (unpaired) electrons. The predicted octanol–water partition coefficient (Wildman–Crippen LogP) is 3.47. The Morgan fingerprint density at radius 3 is 2.69 bits per heavy atom. The second-order valence-electron chi connectivity index (χ2n) is 8.64. The first-order valence-electron chi connectivity index (χ1n) is 11.4. The average Bonchev–Trinajstić information content (AvgIpc) is 3.25. The van der Waals surface area contributed by atoms with Crippen LogP contribution in [0.2, 0.25) is 0 Å². The van der Waals surface area contributed by atoms with E-state index in [1.807, 2.05) is 20.8 Å². The fraction of sp³-hybridized carbons (Fsp3) is 0.417. The van der Waals surface area contributed by atoms with E-state index in [0.29, 0.717) is 13.0 Å². The predicted molar refractivity (Wildman–Crippen MR) is 128 cm³/mol. The largest absolute Gasteiger partial charge is 0.441 e. The molecule has 0 saturated carbocycles. The van der Waals surface area contributed by atoms with Crippen molar-refractivity contribution in [3.8, 4) is 11.3 Å². The highest BCUT2D eigenvalue weighted by Gasteiger charge is 2.25.